The molecule has 3 heterocycles. The second-order valence-corrected chi connectivity index (χ2v) is 26.4. The number of amides is 5. The van der Waals surface area contributed by atoms with Crippen LogP contribution in [0.25, 0.3) is 11.1 Å². The number of likely N-dealkylation sites (tertiary alicyclic amines) is 2. The van der Waals surface area contributed by atoms with Gasteiger partial charge in [0.1, 0.15) is 30.9 Å². The Morgan fingerprint density at radius 3 is 2.00 bits per heavy atom. The Morgan fingerprint density at radius 1 is 0.653 bits per heavy atom. The highest BCUT2D eigenvalue weighted by molar-refractivity contribution is 5.95. The van der Waals surface area contributed by atoms with Crippen LogP contribution in [0.15, 0.2) is 146 Å². The van der Waals surface area contributed by atoms with Gasteiger partial charge in [-0.25, -0.2) is 9.18 Å². The average molecular weight is 1360 g/mol. The molecule has 5 amide bonds. The Morgan fingerprint density at radius 2 is 1.30 bits per heavy atom. The Labute approximate surface area is 568 Å². The summed E-state index contributed by atoms with van der Waals surface area (Å²) < 4.78 is 116. The van der Waals surface area contributed by atoms with Crippen molar-refractivity contribution in [2.24, 2.45) is 0 Å². The van der Waals surface area contributed by atoms with Crippen molar-refractivity contribution in [3.63, 3.8) is 0 Å². The van der Waals surface area contributed by atoms with Gasteiger partial charge in [0.05, 0.1) is 29.5 Å². The number of anilines is 1. The molecule has 3 aliphatic heterocycles. The number of unbranched alkanes of at least 4 members (excludes halogenated alkanes) is 2. The molecule has 1 aliphatic carbocycles. The van der Waals surface area contributed by atoms with Gasteiger partial charge in [-0.1, -0.05) is 103 Å². The smallest absolute Gasteiger partial charge is 0.416 e. The minimum absolute atomic E-state index is 0.0278. The molecule has 98 heavy (non-hydrogen) atoms. The second kappa shape index (κ2) is 32.6. The topological polar surface area (TPSA) is 157 Å². The molecule has 3 saturated heterocycles. The number of piperidine rings is 2. The number of nitrogens with zero attached hydrogens (tertiary/aromatic N) is 6. The maximum atomic E-state index is 14.2. The van der Waals surface area contributed by atoms with E-state index in [2.05, 4.69) is 32.6 Å². The molecule has 0 unspecified atom stereocenters. The van der Waals surface area contributed by atoms with Crippen molar-refractivity contribution in [3.8, 4) is 11.1 Å². The molecule has 2 N–H and O–H groups in total. The van der Waals surface area contributed by atoms with E-state index in [1.807, 2.05) is 103 Å². The molecule has 3 fully saturated rings. The minimum Gasteiger partial charge on any atom is -0.446 e. The van der Waals surface area contributed by atoms with Crippen LogP contribution in [0.1, 0.15) is 118 Å². The molecule has 0 bridgehead atoms. The zero-order chi connectivity index (χ0) is 69.6. The zero-order valence-electron chi connectivity index (χ0n) is 55.8. The van der Waals surface area contributed by atoms with Crippen molar-refractivity contribution in [2.75, 3.05) is 112 Å². The van der Waals surface area contributed by atoms with E-state index >= 15 is 0 Å². The molecule has 6 aromatic rings. The largest absolute Gasteiger partial charge is 0.446 e. The third-order valence-corrected chi connectivity index (χ3v) is 19.8. The highest BCUT2D eigenvalue weighted by Crippen LogP contribution is 2.48. The van der Waals surface area contributed by atoms with Gasteiger partial charge < -0.3 is 48.9 Å². The molecular weight excluding hydrogens is 1270 g/mol. The minimum atomic E-state index is -5.15. The first kappa shape index (κ1) is 72.5. The number of nitrogens with one attached hydrogen (secondary N) is 2. The number of halogens is 7. The molecule has 16 nitrogen and oxygen atoms in total. The lowest BCUT2D eigenvalue weighted by molar-refractivity contribution is -0.143. The van der Waals surface area contributed by atoms with Crippen LogP contribution in [0.5, 0.6) is 0 Å². The van der Waals surface area contributed by atoms with E-state index < -0.39 is 64.6 Å². The van der Waals surface area contributed by atoms with Crippen LogP contribution in [0.2, 0.25) is 0 Å². The molecule has 0 radical (unpaired) electrons. The summed E-state index contributed by atoms with van der Waals surface area (Å²) in [6.07, 6.45) is -3.86. The van der Waals surface area contributed by atoms with Gasteiger partial charge in [-0.05, 0) is 154 Å². The van der Waals surface area contributed by atoms with Gasteiger partial charge in [-0.3, -0.25) is 24.5 Å². The second-order valence-electron chi connectivity index (χ2n) is 26.4. The number of carbonyl (C=O) groups excluding carboxylic acids is 5. The number of alkyl halides is 6. The summed E-state index contributed by atoms with van der Waals surface area (Å²) in [5.74, 6) is -1.79. The fourth-order valence-corrected chi connectivity index (χ4v) is 13.9. The molecular formula is C75H87F7N8O8. The summed E-state index contributed by atoms with van der Waals surface area (Å²) in [4.78, 5) is 77.4. The van der Waals surface area contributed by atoms with Gasteiger partial charge in [0.25, 0.3) is 11.8 Å². The maximum absolute atomic E-state index is 14.2. The van der Waals surface area contributed by atoms with E-state index in [4.69, 9.17) is 14.2 Å². The lowest BCUT2D eigenvalue weighted by Gasteiger charge is -2.44. The first-order chi connectivity index (χ1) is 47.0. The lowest BCUT2D eigenvalue weighted by Crippen LogP contribution is -2.50. The van der Waals surface area contributed by atoms with E-state index in [1.54, 1.807) is 23.9 Å². The highest BCUT2D eigenvalue weighted by atomic mass is 19.4. The van der Waals surface area contributed by atoms with Gasteiger partial charge in [0.15, 0.2) is 0 Å². The quantitative estimate of drug-likeness (QED) is 0.0374. The van der Waals surface area contributed by atoms with E-state index in [9.17, 15) is 54.7 Å². The van der Waals surface area contributed by atoms with Crippen LogP contribution in [-0.2, 0) is 60.1 Å². The van der Waals surface area contributed by atoms with Crippen LogP contribution >= 0.6 is 0 Å². The molecule has 6 aromatic carbocycles. The number of benzene rings is 6. The number of likely N-dealkylation sites (N-methyl/N-ethyl adjacent to an activating group) is 2. The first-order valence-corrected chi connectivity index (χ1v) is 33.8. The van der Waals surface area contributed by atoms with Gasteiger partial charge in [0.2, 0.25) is 11.8 Å². The summed E-state index contributed by atoms with van der Waals surface area (Å²) in [5, 5.41) is 6.40. The number of para-hydroxylation sites is 1. The molecule has 10 rings (SSSR count). The van der Waals surface area contributed by atoms with Crippen LogP contribution in [0, 0.1) is 5.82 Å². The van der Waals surface area contributed by atoms with Crippen LogP contribution in [0.3, 0.4) is 0 Å². The number of fused-ring (bicyclic) bond motifs is 2. The van der Waals surface area contributed by atoms with E-state index in [1.165, 1.54) is 29.8 Å². The van der Waals surface area contributed by atoms with Gasteiger partial charge in [0, 0.05) is 102 Å². The normalized spacial score (nSPS) is 18.1. The highest BCUT2D eigenvalue weighted by Gasteiger charge is 2.50. The Balaban J connectivity index is 0.596. The van der Waals surface area contributed by atoms with Crippen molar-refractivity contribution < 1.29 is 68.9 Å². The predicted octanol–water partition coefficient (Wildman–Crippen LogP) is 12.7. The SMILES string of the molecule is CN(CCN1CCC(OC(=O)Nc2ccccc2-c2ccccc2)CC1)C(=O)CCCCCNCc1ccc(C(=O)N(C)CCCN(C)C(=O)CO[C@H]2Cc3ccccc3C23CCN(CC[C@@]2(c4ccc(F)cc4)CN(C(=O)c4cc(C(F)(F)F)cc(C(F)(F)F)c4)CO2)CC3)cc1. The Hall–Kier alpha value is -8.22. The first-order valence-electron chi connectivity index (χ1n) is 33.8. The van der Waals surface area contributed by atoms with Crippen LogP contribution in [-0.4, -0.2) is 178 Å². The number of carbonyl (C=O) groups is 5. The van der Waals surface area contributed by atoms with Crippen molar-refractivity contribution in [2.45, 2.75) is 113 Å². The number of hydrogen-bond donors (Lipinski definition) is 2. The Kier molecular flexibility index (Phi) is 24.2. The van der Waals surface area contributed by atoms with E-state index in [-0.39, 0.29) is 55.6 Å². The summed E-state index contributed by atoms with van der Waals surface area (Å²) >= 11 is 0. The summed E-state index contributed by atoms with van der Waals surface area (Å²) in [5.41, 5.74) is 1.38. The molecule has 0 aromatic heterocycles. The maximum Gasteiger partial charge on any atom is 0.416 e. The molecule has 524 valence electrons. The Bertz CT molecular complexity index is 3650. The van der Waals surface area contributed by atoms with Crippen LogP contribution in [0.4, 0.5) is 41.2 Å². The summed E-state index contributed by atoms with van der Waals surface area (Å²) in [6.45, 7) is 6.09. The summed E-state index contributed by atoms with van der Waals surface area (Å²) in [6, 6.07) is 39.5. The van der Waals surface area contributed by atoms with Crippen molar-refractivity contribution in [1.29, 1.82) is 0 Å². The predicted molar refractivity (Wildman–Crippen MR) is 358 cm³/mol. The molecule has 4 aliphatic rings. The number of rotatable bonds is 27. The van der Waals surface area contributed by atoms with E-state index in [0.29, 0.717) is 107 Å². The summed E-state index contributed by atoms with van der Waals surface area (Å²) in [7, 11) is 5.32. The zero-order valence-corrected chi connectivity index (χ0v) is 55.8. The molecule has 23 heteroatoms. The average Bonchev–Trinajstić information content (AvgIpc) is 1.59. The van der Waals surface area contributed by atoms with E-state index in [0.717, 1.165) is 85.4 Å². The fourth-order valence-electron chi connectivity index (χ4n) is 13.9. The number of ether oxygens (including phenoxy) is 3. The van der Waals surface area contributed by atoms with Gasteiger partial charge in [-0.2, -0.15) is 26.3 Å². The standard InChI is InChI=1S/C75H87F7N8O8/c1-85(36-14-37-87(3)69(93)55-24-22-53(23-25-55)49-83-35-13-5-8-21-67(91)86(2)43-44-88-38-30-62(31-39-88)98-71(95)84-65-20-12-10-18-63(65)54-15-6-4-7-16-54)68(92)50-96-66-47-56-17-9-11-19-64(56)72(66)32-40-89(41-33-72)42-34-73(58-26-28-61(76)29-27-58)51-90(52-97-73)70(94)57-45-59(74(77,78)79)48-60(46-57)75(80,81)82/h4,6-7,9-12,15-20,22-29,45-46,48,62,66,83H,5,8,13-14,21,30-44,47,49-52H2,1-3H3,(H,84,95)/t66-,73-/m0/s1. The van der Waals surface area contributed by atoms with Gasteiger partial charge in [-0.15, -0.1) is 0 Å². The monoisotopic (exact) mass is 1360 g/mol. The van der Waals surface area contributed by atoms with Crippen molar-refractivity contribution in [3.05, 3.63) is 196 Å². The third-order valence-electron chi connectivity index (χ3n) is 19.8. The van der Waals surface area contributed by atoms with Crippen LogP contribution < -0.4 is 10.6 Å². The van der Waals surface area contributed by atoms with Crippen molar-refractivity contribution >= 4 is 35.4 Å². The fraction of sp³-hybridized carbons (Fsp3) is 0.453. The molecule has 2 atom stereocenters. The van der Waals surface area contributed by atoms with Gasteiger partial charge >= 0.3 is 18.4 Å². The molecule has 1 spiro atoms. The number of hydrogen-bond acceptors (Lipinski definition) is 11. The van der Waals surface area contributed by atoms with Crippen molar-refractivity contribution in [1.82, 2.24) is 34.7 Å². The molecule has 0 saturated carbocycles. The third kappa shape index (κ3) is 18.5. The lowest BCUT2D eigenvalue weighted by atomic mass is 9.72.